The molecule has 0 aromatic heterocycles. The predicted molar refractivity (Wildman–Crippen MR) is 78.7 cm³/mol. The highest BCUT2D eigenvalue weighted by molar-refractivity contribution is 7.89. The number of aromatic carboxylic acids is 1. The van der Waals surface area contributed by atoms with Gasteiger partial charge in [-0.3, -0.25) is 4.21 Å². The van der Waals surface area contributed by atoms with Crippen molar-refractivity contribution < 1.29 is 27.3 Å². The van der Waals surface area contributed by atoms with Gasteiger partial charge in [-0.05, 0) is 18.2 Å². The SMILES string of the molecule is CCS(=O)CCNS(=O)(=O)c1ccc(C(=O)O)cc1OC. The first-order valence-corrected chi connectivity index (χ1v) is 9.05. The van der Waals surface area contributed by atoms with Gasteiger partial charge in [0.15, 0.2) is 0 Å². The minimum atomic E-state index is -3.85. The maximum Gasteiger partial charge on any atom is 0.335 e. The summed E-state index contributed by atoms with van der Waals surface area (Å²) in [6.45, 7) is 1.78. The molecule has 0 radical (unpaired) electrons. The minimum absolute atomic E-state index is 0.0343. The number of carbonyl (C=O) groups is 1. The lowest BCUT2D eigenvalue weighted by atomic mass is 10.2. The van der Waals surface area contributed by atoms with E-state index in [-0.39, 0.29) is 28.5 Å². The maximum atomic E-state index is 12.1. The van der Waals surface area contributed by atoms with Crippen LogP contribution in [0.5, 0.6) is 5.75 Å². The number of sulfonamides is 1. The molecule has 1 atom stereocenters. The molecule has 1 aromatic carbocycles. The third-order valence-corrected chi connectivity index (χ3v) is 5.45. The standard InChI is InChI=1S/C12H17NO6S2/c1-3-20(16)7-6-13-21(17,18)11-5-4-9(12(14)15)8-10(11)19-2/h4-5,8,13H,3,6-7H2,1-2H3,(H,14,15). The fourth-order valence-electron chi connectivity index (χ4n) is 1.53. The van der Waals surface area contributed by atoms with E-state index in [1.165, 1.54) is 19.2 Å². The van der Waals surface area contributed by atoms with E-state index in [2.05, 4.69) is 4.72 Å². The highest BCUT2D eigenvalue weighted by atomic mass is 32.2. The number of rotatable bonds is 8. The molecule has 1 aromatic rings. The van der Waals surface area contributed by atoms with Crippen molar-refractivity contribution in [1.29, 1.82) is 0 Å². The topological polar surface area (TPSA) is 110 Å². The average molecular weight is 335 g/mol. The Bertz CT molecular complexity index is 641. The van der Waals surface area contributed by atoms with Gasteiger partial charge in [-0.25, -0.2) is 17.9 Å². The number of hydrogen-bond donors (Lipinski definition) is 2. The van der Waals surface area contributed by atoms with Crippen molar-refractivity contribution >= 4 is 26.8 Å². The van der Waals surface area contributed by atoms with Gasteiger partial charge in [0.05, 0.1) is 12.7 Å². The molecular weight excluding hydrogens is 318 g/mol. The lowest BCUT2D eigenvalue weighted by molar-refractivity contribution is 0.0696. The zero-order valence-corrected chi connectivity index (χ0v) is 13.3. The molecular formula is C12H17NO6S2. The van der Waals surface area contributed by atoms with Crippen LogP contribution in [-0.4, -0.2) is 48.9 Å². The van der Waals surface area contributed by atoms with Crippen LogP contribution in [0.15, 0.2) is 23.1 Å². The summed E-state index contributed by atoms with van der Waals surface area (Å²) < 4.78 is 42.8. The summed E-state index contributed by atoms with van der Waals surface area (Å²) >= 11 is 0. The van der Waals surface area contributed by atoms with Crippen molar-refractivity contribution in [2.24, 2.45) is 0 Å². The fourth-order valence-corrected chi connectivity index (χ4v) is 3.46. The molecule has 0 fully saturated rings. The Balaban J connectivity index is 2.97. The molecule has 0 bridgehead atoms. The molecule has 7 nitrogen and oxygen atoms in total. The van der Waals surface area contributed by atoms with Crippen LogP contribution >= 0.6 is 0 Å². The van der Waals surface area contributed by atoms with Gasteiger partial charge in [-0.15, -0.1) is 0 Å². The second-order valence-corrected chi connectivity index (χ2v) is 7.60. The lowest BCUT2D eigenvalue weighted by Crippen LogP contribution is -2.28. The van der Waals surface area contributed by atoms with E-state index in [0.29, 0.717) is 5.75 Å². The maximum absolute atomic E-state index is 12.1. The van der Waals surface area contributed by atoms with Crippen LogP contribution in [0.3, 0.4) is 0 Å². The fraction of sp³-hybridized carbons (Fsp3) is 0.417. The molecule has 118 valence electrons. The Morgan fingerprint density at radius 2 is 2.10 bits per heavy atom. The smallest absolute Gasteiger partial charge is 0.335 e. The van der Waals surface area contributed by atoms with E-state index < -0.39 is 26.8 Å². The average Bonchev–Trinajstić information content (AvgIpc) is 2.45. The van der Waals surface area contributed by atoms with Gasteiger partial charge in [0.25, 0.3) is 0 Å². The van der Waals surface area contributed by atoms with Gasteiger partial charge in [-0.1, -0.05) is 6.92 Å². The predicted octanol–water partition coefficient (Wildman–Crippen LogP) is 0.440. The van der Waals surface area contributed by atoms with E-state index >= 15 is 0 Å². The van der Waals surface area contributed by atoms with E-state index in [4.69, 9.17) is 9.84 Å². The summed E-state index contributed by atoms with van der Waals surface area (Å²) in [7, 11) is -3.67. The first kappa shape index (κ1) is 17.6. The third-order valence-electron chi connectivity index (χ3n) is 2.64. The van der Waals surface area contributed by atoms with Crippen LogP contribution in [0.1, 0.15) is 17.3 Å². The molecule has 0 saturated heterocycles. The van der Waals surface area contributed by atoms with Gasteiger partial charge in [-0.2, -0.15) is 0 Å². The van der Waals surface area contributed by atoms with E-state index in [1.807, 2.05) is 0 Å². The van der Waals surface area contributed by atoms with E-state index in [9.17, 15) is 17.4 Å². The zero-order chi connectivity index (χ0) is 16.0. The molecule has 0 aliphatic rings. The summed E-state index contributed by atoms with van der Waals surface area (Å²) in [4.78, 5) is 10.7. The molecule has 0 saturated carbocycles. The molecule has 0 aliphatic heterocycles. The van der Waals surface area contributed by atoms with Crippen LogP contribution in [-0.2, 0) is 20.8 Å². The normalized spacial score (nSPS) is 12.9. The van der Waals surface area contributed by atoms with Crippen molar-refractivity contribution in [3.63, 3.8) is 0 Å². The Morgan fingerprint density at radius 1 is 1.43 bits per heavy atom. The molecule has 0 spiro atoms. The molecule has 0 aliphatic carbocycles. The van der Waals surface area contributed by atoms with Crippen molar-refractivity contribution in [3.05, 3.63) is 23.8 Å². The largest absolute Gasteiger partial charge is 0.495 e. The van der Waals surface area contributed by atoms with Gasteiger partial charge in [0, 0.05) is 28.9 Å². The summed E-state index contributed by atoms with van der Waals surface area (Å²) in [5, 5.41) is 8.87. The number of nitrogens with one attached hydrogen (secondary N) is 1. The van der Waals surface area contributed by atoms with Gasteiger partial charge in [0.2, 0.25) is 10.0 Å². The van der Waals surface area contributed by atoms with Crippen molar-refractivity contribution in [1.82, 2.24) is 4.72 Å². The van der Waals surface area contributed by atoms with Gasteiger partial charge >= 0.3 is 5.97 Å². The van der Waals surface area contributed by atoms with Crippen LogP contribution in [0.4, 0.5) is 0 Å². The first-order chi connectivity index (χ1) is 9.81. The highest BCUT2D eigenvalue weighted by Gasteiger charge is 2.20. The number of hydrogen-bond acceptors (Lipinski definition) is 5. The molecule has 0 amide bonds. The van der Waals surface area contributed by atoms with Crippen LogP contribution in [0, 0.1) is 0 Å². The summed E-state index contributed by atoms with van der Waals surface area (Å²) in [5.74, 6) is -0.563. The number of carboxylic acid groups (broad SMARTS) is 1. The Labute approximate surface area is 125 Å². The molecule has 21 heavy (non-hydrogen) atoms. The van der Waals surface area contributed by atoms with Crippen molar-refractivity contribution in [3.8, 4) is 5.75 Å². The summed E-state index contributed by atoms with van der Waals surface area (Å²) in [6.07, 6.45) is 0. The summed E-state index contributed by atoms with van der Waals surface area (Å²) in [6, 6.07) is 3.49. The lowest BCUT2D eigenvalue weighted by Gasteiger charge is -2.11. The number of benzene rings is 1. The van der Waals surface area contributed by atoms with Gasteiger partial charge < -0.3 is 9.84 Å². The number of methoxy groups -OCH3 is 1. The minimum Gasteiger partial charge on any atom is -0.495 e. The van der Waals surface area contributed by atoms with Crippen LogP contribution in [0.2, 0.25) is 0 Å². The molecule has 0 heterocycles. The molecule has 2 N–H and O–H groups in total. The first-order valence-electron chi connectivity index (χ1n) is 6.07. The zero-order valence-electron chi connectivity index (χ0n) is 11.7. The number of carboxylic acids is 1. The monoisotopic (exact) mass is 335 g/mol. The summed E-state index contributed by atoms with van der Waals surface area (Å²) in [5.41, 5.74) is -0.0714. The van der Waals surface area contributed by atoms with E-state index in [1.54, 1.807) is 6.92 Å². The van der Waals surface area contributed by atoms with E-state index in [0.717, 1.165) is 6.07 Å². The van der Waals surface area contributed by atoms with Gasteiger partial charge in [0.1, 0.15) is 10.6 Å². The van der Waals surface area contributed by atoms with Crippen molar-refractivity contribution in [2.45, 2.75) is 11.8 Å². The van der Waals surface area contributed by atoms with Crippen LogP contribution < -0.4 is 9.46 Å². The number of ether oxygens (including phenoxy) is 1. The highest BCUT2D eigenvalue weighted by Crippen LogP contribution is 2.24. The second-order valence-electron chi connectivity index (χ2n) is 4.00. The Kier molecular flexibility index (Phi) is 6.31. The quantitative estimate of drug-likeness (QED) is 0.713. The molecule has 9 heteroatoms. The third kappa shape index (κ3) is 4.80. The Morgan fingerprint density at radius 3 is 2.62 bits per heavy atom. The van der Waals surface area contributed by atoms with Crippen molar-refractivity contribution in [2.75, 3.05) is 25.2 Å². The second kappa shape index (κ2) is 7.53. The molecule has 1 rings (SSSR count). The Hall–Kier alpha value is -1.45. The molecule has 1 unspecified atom stereocenters. The van der Waals surface area contributed by atoms with Crippen LogP contribution in [0.25, 0.3) is 0 Å².